The number of nitrogens with zero attached hydrogens (tertiary/aromatic N) is 3. The Hall–Kier alpha value is -3.19. The smallest absolute Gasteiger partial charge is 0.227 e. The van der Waals surface area contributed by atoms with Gasteiger partial charge in [0.25, 0.3) is 0 Å². The Morgan fingerprint density at radius 1 is 1.14 bits per heavy atom. The number of anilines is 3. The molecule has 150 valence electrons. The van der Waals surface area contributed by atoms with Crippen LogP contribution in [0.25, 0.3) is 11.3 Å². The predicted octanol–water partition coefficient (Wildman–Crippen LogP) is 4.18. The van der Waals surface area contributed by atoms with Crippen molar-refractivity contribution in [3.05, 3.63) is 59.4 Å². The third kappa shape index (κ3) is 6.15. The lowest BCUT2D eigenvalue weighted by Crippen LogP contribution is -2.22. The molecular weight excluding hydrogens is 388 g/mol. The summed E-state index contributed by atoms with van der Waals surface area (Å²) in [5.74, 6) is 1.23. The van der Waals surface area contributed by atoms with Crippen LogP contribution in [0.15, 0.2) is 48.8 Å². The van der Waals surface area contributed by atoms with Crippen LogP contribution < -0.4 is 16.0 Å². The molecule has 3 aromatic rings. The molecule has 0 unspecified atom stereocenters. The lowest BCUT2D eigenvalue weighted by Gasteiger charge is -2.11. The molecule has 1 aromatic carbocycles. The van der Waals surface area contributed by atoms with Gasteiger partial charge in [0.1, 0.15) is 5.82 Å². The van der Waals surface area contributed by atoms with Gasteiger partial charge in [-0.1, -0.05) is 17.7 Å². The minimum absolute atomic E-state index is 0.0217. The molecule has 0 aliphatic rings. The number of rotatable bonds is 8. The van der Waals surface area contributed by atoms with Gasteiger partial charge < -0.3 is 16.0 Å². The summed E-state index contributed by atoms with van der Waals surface area (Å²) in [5, 5.41) is 9.87. The van der Waals surface area contributed by atoms with Crippen molar-refractivity contribution in [1.82, 2.24) is 20.3 Å². The molecule has 0 saturated heterocycles. The van der Waals surface area contributed by atoms with Crippen molar-refractivity contribution >= 4 is 35.0 Å². The molecule has 0 atom stereocenters. The number of benzene rings is 1. The van der Waals surface area contributed by atoms with Gasteiger partial charge >= 0.3 is 0 Å². The molecule has 0 aliphatic heterocycles. The number of pyridine rings is 1. The third-order valence-electron chi connectivity index (χ3n) is 4.12. The Kier molecular flexibility index (Phi) is 6.97. The summed E-state index contributed by atoms with van der Waals surface area (Å²) in [6, 6.07) is 11.3. The molecule has 29 heavy (non-hydrogen) atoms. The van der Waals surface area contributed by atoms with Gasteiger partial charge in [0, 0.05) is 48.7 Å². The maximum atomic E-state index is 10.9. The maximum absolute atomic E-state index is 10.9. The van der Waals surface area contributed by atoms with E-state index >= 15 is 0 Å². The highest BCUT2D eigenvalue weighted by Crippen LogP contribution is 2.25. The van der Waals surface area contributed by atoms with Crippen molar-refractivity contribution in [2.45, 2.75) is 20.3 Å². The quantitative estimate of drug-likeness (QED) is 0.482. The van der Waals surface area contributed by atoms with E-state index in [0.717, 1.165) is 34.7 Å². The Balaban J connectivity index is 1.71. The number of carbonyl (C=O) groups is 1. The fourth-order valence-corrected chi connectivity index (χ4v) is 2.92. The standard InChI is InChI=1S/C21H23ClN6O/c1-14-13-26-21(27-18-6-3-5-17(22)12-18)28-20(14)16-7-10-25-19(11-16)24-9-4-8-23-15(2)29/h3,5-7,10-13H,4,8-9H2,1-2H3,(H,23,29)(H,24,25)(H,26,27,28). The molecule has 0 aliphatic carbocycles. The van der Waals surface area contributed by atoms with E-state index in [9.17, 15) is 4.79 Å². The van der Waals surface area contributed by atoms with Gasteiger partial charge in [-0.25, -0.2) is 15.0 Å². The lowest BCUT2D eigenvalue weighted by molar-refractivity contribution is -0.118. The van der Waals surface area contributed by atoms with E-state index < -0.39 is 0 Å². The minimum atomic E-state index is -0.0217. The Morgan fingerprint density at radius 3 is 2.79 bits per heavy atom. The highest BCUT2D eigenvalue weighted by atomic mass is 35.5. The van der Waals surface area contributed by atoms with Gasteiger partial charge in [0.05, 0.1) is 5.69 Å². The zero-order valence-electron chi connectivity index (χ0n) is 16.4. The summed E-state index contributed by atoms with van der Waals surface area (Å²) in [7, 11) is 0. The van der Waals surface area contributed by atoms with Crippen LogP contribution in [0.5, 0.6) is 0 Å². The third-order valence-corrected chi connectivity index (χ3v) is 4.35. The van der Waals surface area contributed by atoms with E-state index in [2.05, 4.69) is 30.9 Å². The summed E-state index contributed by atoms with van der Waals surface area (Å²) < 4.78 is 0. The first-order valence-corrected chi connectivity index (χ1v) is 9.70. The summed E-state index contributed by atoms with van der Waals surface area (Å²) in [6.07, 6.45) is 4.35. The van der Waals surface area contributed by atoms with Crippen LogP contribution in [0.1, 0.15) is 18.9 Å². The van der Waals surface area contributed by atoms with Crippen molar-refractivity contribution in [3.63, 3.8) is 0 Å². The average Bonchev–Trinajstić information content (AvgIpc) is 2.69. The molecule has 2 aromatic heterocycles. The number of nitrogens with one attached hydrogen (secondary N) is 3. The number of hydrogen-bond acceptors (Lipinski definition) is 6. The van der Waals surface area contributed by atoms with E-state index in [1.54, 1.807) is 12.4 Å². The Morgan fingerprint density at radius 2 is 2.00 bits per heavy atom. The SMILES string of the molecule is CC(=O)NCCCNc1cc(-c2nc(Nc3cccc(Cl)c3)ncc2C)ccn1. The molecule has 0 bridgehead atoms. The number of carbonyl (C=O) groups excluding carboxylic acids is 1. The van der Waals surface area contributed by atoms with Crippen LogP contribution in [0, 0.1) is 6.92 Å². The highest BCUT2D eigenvalue weighted by molar-refractivity contribution is 6.30. The highest BCUT2D eigenvalue weighted by Gasteiger charge is 2.09. The van der Waals surface area contributed by atoms with Crippen LogP contribution in [-0.4, -0.2) is 33.9 Å². The molecule has 0 saturated carbocycles. The van der Waals surface area contributed by atoms with Gasteiger partial charge in [0.15, 0.2) is 0 Å². The molecule has 3 rings (SSSR count). The molecule has 7 nitrogen and oxygen atoms in total. The molecule has 0 radical (unpaired) electrons. The van der Waals surface area contributed by atoms with Gasteiger partial charge in [-0.05, 0) is 49.2 Å². The summed E-state index contributed by atoms with van der Waals surface area (Å²) in [4.78, 5) is 24.3. The van der Waals surface area contributed by atoms with E-state index in [1.165, 1.54) is 6.92 Å². The molecule has 2 heterocycles. The van der Waals surface area contributed by atoms with Crippen molar-refractivity contribution < 1.29 is 4.79 Å². The summed E-state index contributed by atoms with van der Waals surface area (Å²) in [6.45, 7) is 4.82. The monoisotopic (exact) mass is 410 g/mol. The number of amides is 1. The average molecular weight is 411 g/mol. The first-order valence-electron chi connectivity index (χ1n) is 9.32. The second-order valence-corrected chi connectivity index (χ2v) is 6.99. The minimum Gasteiger partial charge on any atom is -0.370 e. The largest absolute Gasteiger partial charge is 0.370 e. The van der Waals surface area contributed by atoms with Gasteiger partial charge in [0.2, 0.25) is 11.9 Å². The van der Waals surface area contributed by atoms with Crippen LogP contribution in [0.2, 0.25) is 5.02 Å². The van der Waals surface area contributed by atoms with Crippen molar-refractivity contribution in [2.24, 2.45) is 0 Å². The van der Waals surface area contributed by atoms with Crippen molar-refractivity contribution in [1.29, 1.82) is 0 Å². The lowest BCUT2D eigenvalue weighted by atomic mass is 10.1. The first-order chi connectivity index (χ1) is 14.0. The molecule has 8 heteroatoms. The van der Waals surface area contributed by atoms with Gasteiger partial charge in [-0.3, -0.25) is 4.79 Å². The fraction of sp³-hybridized carbons (Fsp3) is 0.238. The van der Waals surface area contributed by atoms with Crippen LogP contribution in [0.3, 0.4) is 0 Å². The maximum Gasteiger partial charge on any atom is 0.227 e. The Bertz CT molecular complexity index is 994. The molecule has 1 amide bonds. The van der Waals surface area contributed by atoms with E-state index in [-0.39, 0.29) is 5.91 Å². The van der Waals surface area contributed by atoms with E-state index in [4.69, 9.17) is 11.6 Å². The number of aryl methyl sites for hydroxylation is 1. The molecular formula is C21H23ClN6O. The second-order valence-electron chi connectivity index (χ2n) is 6.55. The van der Waals surface area contributed by atoms with Gasteiger partial charge in [-0.15, -0.1) is 0 Å². The number of halogens is 1. The molecule has 0 spiro atoms. The van der Waals surface area contributed by atoms with E-state index in [0.29, 0.717) is 24.1 Å². The van der Waals surface area contributed by atoms with Crippen molar-refractivity contribution in [3.8, 4) is 11.3 Å². The summed E-state index contributed by atoms with van der Waals surface area (Å²) >= 11 is 6.04. The molecule has 0 fully saturated rings. The number of hydrogen-bond donors (Lipinski definition) is 3. The zero-order chi connectivity index (χ0) is 20.6. The zero-order valence-corrected chi connectivity index (χ0v) is 17.1. The van der Waals surface area contributed by atoms with Crippen molar-refractivity contribution in [2.75, 3.05) is 23.7 Å². The summed E-state index contributed by atoms with van der Waals surface area (Å²) in [5.41, 5.74) is 3.56. The van der Waals surface area contributed by atoms with Crippen LogP contribution >= 0.6 is 11.6 Å². The second kappa shape index (κ2) is 9.84. The topological polar surface area (TPSA) is 91.8 Å². The number of aromatic nitrogens is 3. The normalized spacial score (nSPS) is 10.4. The Labute approximate surface area is 175 Å². The molecule has 3 N–H and O–H groups in total. The van der Waals surface area contributed by atoms with Gasteiger partial charge in [-0.2, -0.15) is 0 Å². The van der Waals surface area contributed by atoms with Crippen LogP contribution in [-0.2, 0) is 4.79 Å². The first kappa shape index (κ1) is 20.5. The fourth-order valence-electron chi connectivity index (χ4n) is 2.73. The van der Waals surface area contributed by atoms with Crippen LogP contribution in [0.4, 0.5) is 17.5 Å². The van der Waals surface area contributed by atoms with E-state index in [1.807, 2.05) is 43.3 Å². The predicted molar refractivity (Wildman–Crippen MR) is 117 cm³/mol.